The van der Waals surface area contributed by atoms with Gasteiger partial charge in [0.05, 0.1) is 6.20 Å². The van der Waals surface area contributed by atoms with Crippen molar-refractivity contribution in [2.24, 2.45) is 0 Å². The van der Waals surface area contributed by atoms with Gasteiger partial charge in [-0.05, 0) is 13.8 Å². The number of aromatic nitrogens is 2. The van der Waals surface area contributed by atoms with Crippen LogP contribution >= 0.6 is 0 Å². The summed E-state index contributed by atoms with van der Waals surface area (Å²) < 4.78 is 1.95. The summed E-state index contributed by atoms with van der Waals surface area (Å²) in [5, 5.41) is 10.3. The first-order valence-electron chi connectivity index (χ1n) is 6.81. The molecular weight excluding hydrogens is 242 g/mol. The van der Waals surface area contributed by atoms with Crippen LogP contribution in [-0.2, 0) is 11.3 Å². The maximum atomic E-state index is 11.9. The molecule has 1 aromatic heterocycles. The molecule has 1 aliphatic heterocycles. The molecule has 2 heterocycles. The van der Waals surface area contributed by atoms with E-state index in [-0.39, 0.29) is 11.9 Å². The SMILES string of the molecule is CNC(=O)C1CNCCN1Cc1cnn(C(C)C)c1. The Morgan fingerprint density at radius 3 is 3.05 bits per heavy atom. The van der Waals surface area contributed by atoms with E-state index in [1.165, 1.54) is 0 Å². The summed E-state index contributed by atoms with van der Waals surface area (Å²) in [7, 11) is 1.69. The zero-order valence-corrected chi connectivity index (χ0v) is 11.9. The van der Waals surface area contributed by atoms with E-state index in [9.17, 15) is 4.79 Å². The number of amides is 1. The molecular formula is C13H23N5O. The number of nitrogens with zero attached hydrogens (tertiary/aromatic N) is 3. The van der Waals surface area contributed by atoms with Gasteiger partial charge in [0.2, 0.25) is 5.91 Å². The molecule has 0 spiro atoms. The molecule has 0 saturated carbocycles. The fourth-order valence-corrected chi connectivity index (χ4v) is 2.34. The molecule has 0 aromatic carbocycles. The summed E-state index contributed by atoms with van der Waals surface area (Å²) in [4.78, 5) is 14.1. The van der Waals surface area contributed by atoms with E-state index in [4.69, 9.17) is 0 Å². The summed E-state index contributed by atoms with van der Waals surface area (Å²) in [5.41, 5.74) is 1.16. The van der Waals surface area contributed by atoms with Crippen LogP contribution < -0.4 is 10.6 Å². The second kappa shape index (κ2) is 6.16. The molecule has 1 fully saturated rings. The van der Waals surface area contributed by atoms with Crippen molar-refractivity contribution in [1.29, 1.82) is 0 Å². The molecule has 19 heavy (non-hydrogen) atoms. The van der Waals surface area contributed by atoms with Gasteiger partial charge < -0.3 is 10.6 Å². The van der Waals surface area contributed by atoms with E-state index in [2.05, 4.69) is 40.7 Å². The fourth-order valence-electron chi connectivity index (χ4n) is 2.34. The topological polar surface area (TPSA) is 62.2 Å². The molecule has 1 saturated heterocycles. The summed E-state index contributed by atoms with van der Waals surface area (Å²) in [5.74, 6) is 0.0726. The van der Waals surface area contributed by atoms with Crippen LogP contribution in [0.25, 0.3) is 0 Å². The highest BCUT2D eigenvalue weighted by Gasteiger charge is 2.27. The largest absolute Gasteiger partial charge is 0.358 e. The van der Waals surface area contributed by atoms with Crippen LogP contribution in [0.2, 0.25) is 0 Å². The highest BCUT2D eigenvalue weighted by atomic mass is 16.2. The molecule has 1 aliphatic rings. The zero-order valence-electron chi connectivity index (χ0n) is 11.9. The minimum absolute atomic E-state index is 0.0726. The first-order valence-corrected chi connectivity index (χ1v) is 6.81. The number of nitrogens with one attached hydrogen (secondary N) is 2. The summed E-state index contributed by atoms with van der Waals surface area (Å²) in [6, 6.07) is 0.271. The number of hydrogen-bond donors (Lipinski definition) is 2. The van der Waals surface area contributed by atoms with Crippen molar-refractivity contribution in [3.8, 4) is 0 Å². The van der Waals surface area contributed by atoms with Gasteiger partial charge >= 0.3 is 0 Å². The average Bonchev–Trinajstić information content (AvgIpc) is 2.87. The second-order valence-electron chi connectivity index (χ2n) is 5.23. The normalized spacial score (nSPS) is 20.7. The van der Waals surface area contributed by atoms with Crippen molar-refractivity contribution in [2.45, 2.75) is 32.5 Å². The van der Waals surface area contributed by atoms with Crippen LogP contribution in [0.4, 0.5) is 0 Å². The molecule has 6 heteroatoms. The number of piperazine rings is 1. The Bertz CT molecular complexity index is 428. The van der Waals surface area contributed by atoms with Crippen LogP contribution in [0.15, 0.2) is 12.4 Å². The summed E-state index contributed by atoms with van der Waals surface area (Å²) >= 11 is 0. The van der Waals surface area contributed by atoms with E-state index in [0.717, 1.165) is 25.2 Å². The highest BCUT2D eigenvalue weighted by Crippen LogP contribution is 2.12. The Morgan fingerprint density at radius 2 is 2.42 bits per heavy atom. The second-order valence-corrected chi connectivity index (χ2v) is 5.23. The minimum atomic E-state index is -0.0962. The monoisotopic (exact) mass is 265 g/mol. The zero-order chi connectivity index (χ0) is 13.8. The number of likely N-dealkylation sites (N-methyl/N-ethyl adjacent to an activating group) is 1. The number of carbonyl (C=O) groups is 1. The van der Waals surface area contributed by atoms with Crippen molar-refractivity contribution in [1.82, 2.24) is 25.3 Å². The Labute approximate surface area is 114 Å². The molecule has 1 aromatic rings. The lowest BCUT2D eigenvalue weighted by Crippen LogP contribution is -2.56. The van der Waals surface area contributed by atoms with Crippen LogP contribution in [0.5, 0.6) is 0 Å². The number of hydrogen-bond acceptors (Lipinski definition) is 4. The Morgan fingerprint density at radius 1 is 1.63 bits per heavy atom. The number of rotatable bonds is 4. The average molecular weight is 265 g/mol. The van der Waals surface area contributed by atoms with E-state index in [1.807, 2.05) is 10.9 Å². The Kier molecular flexibility index (Phi) is 4.55. The first-order chi connectivity index (χ1) is 9.11. The van der Waals surface area contributed by atoms with Gasteiger partial charge in [0, 0.05) is 51.0 Å². The lowest BCUT2D eigenvalue weighted by atomic mass is 10.1. The Balaban J connectivity index is 2.04. The molecule has 1 amide bonds. The lowest BCUT2D eigenvalue weighted by Gasteiger charge is -2.34. The van der Waals surface area contributed by atoms with Gasteiger partial charge in [0.1, 0.15) is 6.04 Å². The van der Waals surface area contributed by atoms with Crippen molar-refractivity contribution in [3.63, 3.8) is 0 Å². The third-order valence-electron chi connectivity index (χ3n) is 3.47. The van der Waals surface area contributed by atoms with Gasteiger partial charge in [-0.25, -0.2) is 0 Å². The maximum Gasteiger partial charge on any atom is 0.238 e. The van der Waals surface area contributed by atoms with Gasteiger partial charge in [0.25, 0.3) is 0 Å². The highest BCUT2D eigenvalue weighted by molar-refractivity contribution is 5.81. The molecule has 1 unspecified atom stereocenters. The van der Waals surface area contributed by atoms with E-state index < -0.39 is 0 Å². The first kappa shape index (κ1) is 14.0. The van der Waals surface area contributed by atoms with Gasteiger partial charge in [-0.3, -0.25) is 14.4 Å². The fraction of sp³-hybridized carbons (Fsp3) is 0.692. The maximum absolute atomic E-state index is 11.9. The molecule has 0 bridgehead atoms. The van der Waals surface area contributed by atoms with Gasteiger partial charge in [-0.2, -0.15) is 5.10 Å². The standard InChI is InChI=1S/C13H23N5O/c1-10(2)18-9-11(6-16-18)8-17-5-4-15-7-12(17)13(19)14-3/h6,9-10,12,15H,4-5,7-8H2,1-3H3,(H,14,19). The Hall–Kier alpha value is -1.40. The predicted octanol–water partition coefficient (Wildman–Crippen LogP) is -0.0162. The van der Waals surface area contributed by atoms with Crippen LogP contribution in [0.3, 0.4) is 0 Å². The third kappa shape index (κ3) is 3.33. The molecule has 6 nitrogen and oxygen atoms in total. The van der Waals surface area contributed by atoms with Crippen LogP contribution in [0, 0.1) is 0 Å². The van der Waals surface area contributed by atoms with Crippen LogP contribution in [-0.4, -0.2) is 53.3 Å². The lowest BCUT2D eigenvalue weighted by molar-refractivity contribution is -0.126. The quantitative estimate of drug-likeness (QED) is 0.803. The molecule has 0 radical (unpaired) electrons. The van der Waals surface area contributed by atoms with E-state index >= 15 is 0 Å². The van der Waals surface area contributed by atoms with Crippen molar-refractivity contribution >= 4 is 5.91 Å². The number of carbonyl (C=O) groups excluding carboxylic acids is 1. The summed E-state index contributed by atoms with van der Waals surface area (Å²) in [6.45, 7) is 7.49. The van der Waals surface area contributed by atoms with E-state index in [1.54, 1.807) is 7.05 Å². The van der Waals surface area contributed by atoms with Gasteiger partial charge in [-0.1, -0.05) is 0 Å². The molecule has 0 aliphatic carbocycles. The van der Waals surface area contributed by atoms with Crippen LogP contribution in [0.1, 0.15) is 25.5 Å². The van der Waals surface area contributed by atoms with E-state index in [0.29, 0.717) is 12.6 Å². The summed E-state index contributed by atoms with van der Waals surface area (Å²) in [6.07, 6.45) is 3.95. The van der Waals surface area contributed by atoms with Gasteiger partial charge in [0.15, 0.2) is 0 Å². The van der Waals surface area contributed by atoms with Gasteiger partial charge in [-0.15, -0.1) is 0 Å². The third-order valence-corrected chi connectivity index (χ3v) is 3.47. The molecule has 2 rings (SSSR count). The van der Waals surface area contributed by atoms with Crippen molar-refractivity contribution < 1.29 is 4.79 Å². The van der Waals surface area contributed by atoms with Crippen molar-refractivity contribution in [3.05, 3.63) is 18.0 Å². The minimum Gasteiger partial charge on any atom is -0.358 e. The van der Waals surface area contributed by atoms with Crippen molar-refractivity contribution in [2.75, 3.05) is 26.7 Å². The molecule has 2 N–H and O–H groups in total. The molecule has 106 valence electrons. The smallest absolute Gasteiger partial charge is 0.238 e. The predicted molar refractivity (Wildman–Crippen MR) is 73.7 cm³/mol. The molecule has 1 atom stereocenters.